The molecule has 3 aromatic rings. The van der Waals surface area contributed by atoms with Crippen LogP contribution in [0, 0.1) is 6.92 Å². The van der Waals surface area contributed by atoms with E-state index in [1.807, 2.05) is 0 Å². The van der Waals surface area contributed by atoms with Crippen molar-refractivity contribution in [2.75, 3.05) is 5.32 Å². The molecule has 0 aliphatic carbocycles. The molecule has 142 valence electrons. The lowest BCUT2D eigenvalue weighted by molar-refractivity contribution is -0.142. The van der Waals surface area contributed by atoms with Gasteiger partial charge in [0.25, 0.3) is 5.91 Å². The summed E-state index contributed by atoms with van der Waals surface area (Å²) in [5.74, 6) is -1.20. The van der Waals surface area contributed by atoms with Gasteiger partial charge in [0.05, 0.1) is 5.69 Å². The lowest BCUT2D eigenvalue weighted by Gasteiger charge is -2.10. The summed E-state index contributed by atoms with van der Waals surface area (Å²) in [5, 5.41) is 5.92. The molecule has 0 aliphatic heterocycles. The zero-order valence-corrected chi connectivity index (χ0v) is 13.6. The number of halogens is 5. The molecule has 0 radical (unpaired) electrons. The van der Waals surface area contributed by atoms with E-state index in [0.29, 0.717) is 4.52 Å². The maximum Gasteiger partial charge on any atom is 0.433 e. The normalized spacial score (nSPS) is 11.8. The Hall–Kier alpha value is -3.24. The van der Waals surface area contributed by atoms with Crippen molar-refractivity contribution in [3.8, 4) is 5.75 Å². The minimum absolute atomic E-state index is 0.0833. The Bertz CT molecular complexity index is 1000. The maximum atomic E-state index is 13.2. The number of hydrogen-bond acceptors (Lipinski definition) is 4. The largest absolute Gasteiger partial charge is 0.433 e. The number of amides is 1. The molecule has 2 aromatic heterocycles. The topological polar surface area (TPSA) is 68.5 Å². The van der Waals surface area contributed by atoms with E-state index in [1.54, 1.807) is 0 Å². The number of aromatic nitrogens is 3. The van der Waals surface area contributed by atoms with Gasteiger partial charge in [0, 0.05) is 11.8 Å². The summed E-state index contributed by atoms with van der Waals surface area (Å²) in [6.07, 6.45) is -4.70. The molecule has 1 aromatic carbocycles. The first-order valence-electron chi connectivity index (χ1n) is 7.45. The van der Waals surface area contributed by atoms with E-state index in [4.69, 9.17) is 0 Å². The van der Waals surface area contributed by atoms with Gasteiger partial charge in [0.15, 0.2) is 11.3 Å². The number of nitrogens with one attached hydrogen (secondary N) is 1. The lowest BCUT2D eigenvalue weighted by Crippen LogP contribution is -2.16. The minimum Gasteiger partial charge on any atom is -0.433 e. The van der Waals surface area contributed by atoms with Crippen LogP contribution >= 0.6 is 0 Å². The number of anilines is 1. The van der Waals surface area contributed by atoms with Gasteiger partial charge < -0.3 is 10.1 Å². The van der Waals surface area contributed by atoms with Crippen LogP contribution in [0.1, 0.15) is 21.9 Å². The number of nitrogens with zero attached hydrogens (tertiary/aromatic N) is 3. The molecule has 3 rings (SSSR count). The molecule has 0 saturated heterocycles. The number of carbonyl (C=O) groups excluding carboxylic acids is 1. The smallest absolute Gasteiger partial charge is 0.433 e. The summed E-state index contributed by atoms with van der Waals surface area (Å²) in [5.41, 5.74) is -1.63. The molecule has 0 aliphatic rings. The standard InChI is InChI=1S/C16H11F5N4O2/c1-8-6-12(16(19,20)21)25-13(22-8)7-10(24-25)14(26)23-9-4-2-3-5-11(9)27-15(17)18/h2-7,15H,1H3,(H,23,26). The van der Waals surface area contributed by atoms with Crippen molar-refractivity contribution in [1.82, 2.24) is 14.6 Å². The number of benzene rings is 1. The highest BCUT2D eigenvalue weighted by molar-refractivity contribution is 6.04. The van der Waals surface area contributed by atoms with Crippen molar-refractivity contribution in [3.63, 3.8) is 0 Å². The number of aryl methyl sites for hydroxylation is 1. The SMILES string of the molecule is Cc1cc(C(F)(F)F)n2nc(C(=O)Nc3ccccc3OC(F)F)cc2n1. The predicted octanol–water partition coefficient (Wildman–Crippen LogP) is 3.91. The van der Waals surface area contributed by atoms with Crippen molar-refractivity contribution in [1.29, 1.82) is 0 Å². The molecule has 1 amide bonds. The van der Waals surface area contributed by atoms with Gasteiger partial charge in [-0.3, -0.25) is 4.79 Å². The van der Waals surface area contributed by atoms with Crippen LogP contribution in [0.15, 0.2) is 36.4 Å². The van der Waals surface area contributed by atoms with Gasteiger partial charge in [0.1, 0.15) is 11.4 Å². The van der Waals surface area contributed by atoms with Gasteiger partial charge in [-0.25, -0.2) is 9.50 Å². The van der Waals surface area contributed by atoms with Gasteiger partial charge in [-0.2, -0.15) is 27.1 Å². The fourth-order valence-electron chi connectivity index (χ4n) is 2.37. The number of ether oxygens (including phenoxy) is 1. The number of para-hydroxylation sites is 2. The number of hydrogen-bond donors (Lipinski definition) is 1. The Morgan fingerprint density at radius 1 is 1.22 bits per heavy atom. The van der Waals surface area contributed by atoms with E-state index in [1.165, 1.54) is 31.2 Å². The molecule has 27 heavy (non-hydrogen) atoms. The Kier molecular flexibility index (Phi) is 4.68. The minimum atomic E-state index is -4.70. The van der Waals surface area contributed by atoms with Crippen LogP contribution in [0.3, 0.4) is 0 Å². The average molecular weight is 386 g/mol. The van der Waals surface area contributed by atoms with E-state index in [9.17, 15) is 26.7 Å². The third-order valence-corrected chi connectivity index (χ3v) is 3.43. The van der Waals surface area contributed by atoms with E-state index in [0.717, 1.165) is 12.1 Å². The fourth-order valence-corrected chi connectivity index (χ4v) is 2.37. The average Bonchev–Trinajstić information content (AvgIpc) is 2.98. The van der Waals surface area contributed by atoms with Gasteiger partial charge in [-0.1, -0.05) is 12.1 Å². The van der Waals surface area contributed by atoms with Crippen LogP contribution < -0.4 is 10.1 Å². The molecule has 2 heterocycles. The second kappa shape index (κ2) is 6.82. The molecule has 6 nitrogen and oxygen atoms in total. The highest BCUT2D eigenvalue weighted by Crippen LogP contribution is 2.30. The summed E-state index contributed by atoms with van der Waals surface area (Å²) >= 11 is 0. The van der Waals surface area contributed by atoms with Crippen molar-refractivity contribution in [2.24, 2.45) is 0 Å². The zero-order chi connectivity index (χ0) is 19.8. The molecule has 0 bridgehead atoms. The van der Waals surface area contributed by atoms with Gasteiger partial charge in [-0.05, 0) is 25.1 Å². The number of rotatable bonds is 4. The van der Waals surface area contributed by atoms with Gasteiger partial charge >= 0.3 is 12.8 Å². The summed E-state index contributed by atoms with van der Waals surface area (Å²) in [6.45, 7) is -1.74. The van der Waals surface area contributed by atoms with E-state index in [2.05, 4.69) is 20.1 Å². The molecule has 11 heteroatoms. The van der Waals surface area contributed by atoms with E-state index < -0.39 is 24.4 Å². The van der Waals surface area contributed by atoms with Crippen molar-refractivity contribution < 1.29 is 31.5 Å². The Labute approximate surface area is 148 Å². The number of carbonyl (C=O) groups is 1. The number of alkyl halides is 5. The second-order valence-corrected chi connectivity index (χ2v) is 5.41. The molecule has 0 saturated carbocycles. The molecule has 0 atom stereocenters. The molecule has 1 N–H and O–H groups in total. The van der Waals surface area contributed by atoms with Crippen molar-refractivity contribution in [3.05, 3.63) is 53.5 Å². The van der Waals surface area contributed by atoms with Gasteiger partial charge in [0.2, 0.25) is 0 Å². The maximum absolute atomic E-state index is 13.2. The van der Waals surface area contributed by atoms with Crippen LogP contribution in [0.2, 0.25) is 0 Å². The first-order valence-corrected chi connectivity index (χ1v) is 7.45. The quantitative estimate of drug-likeness (QED) is 0.691. The molecule has 0 unspecified atom stereocenters. The van der Waals surface area contributed by atoms with E-state index >= 15 is 0 Å². The number of fused-ring (bicyclic) bond motifs is 1. The third-order valence-electron chi connectivity index (χ3n) is 3.43. The van der Waals surface area contributed by atoms with Crippen molar-refractivity contribution >= 4 is 17.2 Å². The van der Waals surface area contributed by atoms with Crippen LogP contribution in [-0.2, 0) is 6.18 Å². The first kappa shape index (κ1) is 18.5. The van der Waals surface area contributed by atoms with Crippen LogP contribution in [0.25, 0.3) is 5.65 Å². The van der Waals surface area contributed by atoms with E-state index in [-0.39, 0.29) is 28.5 Å². The highest BCUT2D eigenvalue weighted by atomic mass is 19.4. The van der Waals surface area contributed by atoms with Crippen LogP contribution in [0.5, 0.6) is 5.75 Å². The van der Waals surface area contributed by atoms with Crippen LogP contribution in [0.4, 0.5) is 27.6 Å². The molecule has 0 spiro atoms. The molecular formula is C16H11F5N4O2. The Morgan fingerprint density at radius 2 is 1.93 bits per heavy atom. The monoisotopic (exact) mass is 386 g/mol. The second-order valence-electron chi connectivity index (χ2n) is 5.41. The lowest BCUT2D eigenvalue weighted by atomic mass is 10.3. The Morgan fingerprint density at radius 3 is 2.59 bits per heavy atom. The highest BCUT2D eigenvalue weighted by Gasteiger charge is 2.35. The summed E-state index contributed by atoms with van der Waals surface area (Å²) < 4.78 is 69.1. The fraction of sp³-hybridized carbons (Fsp3) is 0.188. The summed E-state index contributed by atoms with van der Waals surface area (Å²) in [7, 11) is 0. The zero-order valence-electron chi connectivity index (χ0n) is 13.6. The molecular weight excluding hydrogens is 375 g/mol. The van der Waals surface area contributed by atoms with Crippen molar-refractivity contribution in [2.45, 2.75) is 19.7 Å². The Balaban J connectivity index is 1.96. The summed E-state index contributed by atoms with van der Waals surface area (Å²) in [4.78, 5) is 16.2. The van der Waals surface area contributed by atoms with Gasteiger partial charge in [-0.15, -0.1) is 0 Å². The first-order chi connectivity index (χ1) is 12.6. The molecule has 0 fully saturated rings. The summed E-state index contributed by atoms with van der Waals surface area (Å²) in [6, 6.07) is 7.25. The van der Waals surface area contributed by atoms with Crippen LogP contribution in [-0.4, -0.2) is 27.1 Å². The predicted molar refractivity (Wildman–Crippen MR) is 83.8 cm³/mol. The third kappa shape index (κ3) is 3.96.